The Kier molecular flexibility index (Phi) is 11.9. The molecule has 7 heteroatoms. The number of ether oxygens (including phenoxy) is 2. The predicted octanol–water partition coefficient (Wildman–Crippen LogP) is 7.60. The van der Waals surface area contributed by atoms with E-state index >= 15 is 0 Å². The average molecular weight is 613 g/mol. The van der Waals surface area contributed by atoms with Crippen molar-refractivity contribution in [2.24, 2.45) is 4.99 Å². The van der Waals surface area contributed by atoms with Gasteiger partial charge < -0.3 is 24.6 Å². The van der Waals surface area contributed by atoms with E-state index in [4.69, 9.17) is 9.47 Å². The molecular formula is C38H52N4O3. The second-order valence-corrected chi connectivity index (χ2v) is 12.3. The number of carbonyl (C=O) groups excluding carboxylic acids is 1. The Morgan fingerprint density at radius 3 is 2.69 bits per heavy atom. The maximum atomic E-state index is 14.4. The van der Waals surface area contributed by atoms with Crippen LogP contribution >= 0.6 is 0 Å². The zero-order valence-corrected chi connectivity index (χ0v) is 28.4. The lowest BCUT2D eigenvalue weighted by atomic mass is 9.89. The number of allylic oxidation sites excluding steroid dienone is 7. The highest BCUT2D eigenvalue weighted by molar-refractivity contribution is 6.08. The van der Waals surface area contributed by atoms with Crippen molar-refractivity contribution in [1.29, 1.82) is 0 Å². The molecule has 3 heterocycles. The van der Waals surface area contributed by atoms with Gasteiger partial charge in [-0.05, 0) is 113 Å². The van der Waals surface area contributed by atoms with Gasteiger partial charge in [-0.25, -0.2) is 0 Å². The summed E-state index contributed by atoms with van der Waals surface area (Å²) in [6.45, 7) is 18.7. The molecule has 3 aliphatic rings. The van der Waals surface area contributed by atoms with Crippen LogP contribution in [-0.2, 0) is 4.79 Å². The summed E-state index contributed by atoms with van der Waals surface area (Å²) in [7, 11) is 1.78. The zero-order chi connectivity index (χ0) is 32.5. The number of nitrogens with one attached hydrogen (secondary N) is 1. The highest BCUT2D eigenvalue weighted by atomic mass is 16.7. The number of amides is 1. The molecule has 0 aromatic heterocycles. The first-order valence-electron chi connectivity index (χ1n) is 16.5. The smallest absolute Gasteiger partial charge is 0.254 e. The Bertz CT molecular complexity index is 1430. The standard InChI is InChI=1S/C38H52N4O3/c1-9-14-28(7)34(15-10-2)42(26(4)5)24-30-17-13-21-41(30)38(43)32-23-37(39-8)40-33(31(32)11-3)18-12-16-27(6)29-19-20-35-36(22-29)45-25-44-35/h10-11,14-16,19-20,22-23,26,30,33H,2,9,12-13,17-18,21,24-25H2,1,3-8H3,(H,39,40)/b27-16+,28-14-,31-11-,34-15+. The molecule has 3 aliphatic heterocycles. The van der Waals surface area contributed by atoms with E-state index in [2.05, 4.69) is 91.7 Å². The van der Waals surface area contributed by atoms with Crippen LogP contribution in [0.1, 0.15) is 79.2 Å². The first-order chi connectivity index (χ1) is 21.7. The van der Waals surface area contributed by atoms with Gasteiger partial charge in [-0.1, -0.05) is 43.9 Å². The summed E-state index contributed by atoms with van der Waals surface area (Å²) in [6.07, 6.45) is 17.2. The number of hydrogen-bond acceptors (Lipinski definition) is 5. The fourth-order valence-electron chi connectivity index (χ4n) is 6.57. The molecule has 242 valence electrons. The second kappa shape index (κ2) is 15.8. The monoisotopic (exact) mass is 612 g/mol. The lowest BCUT2D eigenvalue weighted by Crippen LogP contribution is -2.48. The van der Waals surface area contributed by atoms with Crippen LogP contribution in [0.5, 0.6) is 11.5 Å². The van der Waals surface area contributed by atoms with Gasteiger partial charge in [-0.15, -0.1) is 0 Å². The summed E-state index contributed by atoms with van der Waals surface area (Å²) in [5.74, 6) is 2.44. The number of likely N-dealkylation sites (tertiary alicyclic amines) is 1. The quantitative estimate of drug-likeness (QED) is 0.246. The van der Waals surface area contributed by atoms with Crippen molar-refractivity contribution in [3.63, 3.8) is 0 Å². The van der Waals surface area contributed by atoms with Crippen molar-refractivity contribution in [3.8, 4) is 11.5 Å². The number of amidine groups is 1. The molecule has 7 nitrogen and oxygen atoms in total. The highest BCUT2D eigenvalue weighted by Crippen LogP contribution is 2.35. The third kappa shape index (κ3) is 7.99. The number of rotatable bonds is 12. The van der Waals surface area contributed by atoms with Gasteiger partial charge >= 0.3 is 0 Å². The molecule has 0 spiro atoms. The fraction of sp³-hybridized carbons (Fsp3) is 0.474. The van der Waals surface area contributed by atoms with Crippen LogP contribution in [0.2, 0.25) is 0 Å². The maximum Gasteiger partial charge on any atom is 0.254 e. The van der Waals surface area contributed by atoms with Gasteiger partial charge in [0, 0.05) is 43.5 Å². The Morgan fingerprint density at radius 2 is 2.00 bits per heavy atom. The van der Waals surface area contributed by atoms with Crippen molar-refractivity contribution in [1.82, 2.24) is 15.1 Å². The minimum atomic E-state index is -0.00405. The van der Waals surface area contributed by atoms with E-state index in [1.807, 2.05) is 31.2 Å². The molecule has 1 aromatic carbocycles. The zero-order valence-electron chi connectivity index (χ0n) is 28.4. The molecular weight excluding hydrogens is 560 g/mol. The van der Waals surface area contributed by atoms with E-state index in [0.717, 1.165) is 79.2 Å². The molecule has 0 saturated carbocycles. The van der Waals surface area contributed by atoms with Crippen molar-refractivity contribution < 1.29 is 14.3 Å². The topological polar surface area (TPSA) is 66.4 Å². The van der Waals surface area contributed by atoms with Crippen LogP contribution in [0.15, 0.2) is 88.6 Å². The molecule has 1 amide bonds. The molecule has 0 bridgehead atoms. The molecule has 1 fully saturated rings. The molecule has 0 aliphatic carbocycles. The number of fused-ring (bicyclic) bond motifs is 1. The second-order valence-electron chi connectivity index (χ2n) is 12.3. The Balaban J connectivity index is 1.51. The maximum absolute atomic E-state index is 14.4. The molecule has 2 atom stereocenters. The number of hydrogen-bond donors (Lipinski definition) is 1. The van der Waals surface area contributed by atoms with Crippen LogP contribution in [-0.4, -0.2) is 66.6 Å². The van der Waals surface area contributed by atoms with Gasteiger partial charge in [-0.3, -0.25) is 9.79 Å². The molecule has 1 saturated heterocycles. The number of benzene rings is 1. The highest BCUT2D eigenvalue weighted by Gasteiger charge is 2.36. The van der Waals surface area contributed by atoms with Gasteiger partial charge in [0.1, 0.15) is 5.84 Å². The normalized spacial score (nSPS) is 22.3. The van der Waals surface area contributed by atoms with Gasteiger partial charge in [0.15, 0.2) is 11.5 Å². The van der Waals surface area contributed by atoms with Crippen molar-refractivity contribution in [2.75, 3.05) is 26.9 Å². The fourth-order valence-corrected chi connectivity index (χ4v) is 6.57. The Labute approximate surface area is 270 Å². The van der Waals surface area contributed by atoms with Gasteiger partial charge in [0.25, 0.3) is 5.91 Å². The summed E-state index contributed by atoms with van der Waals surface area (Å²) in [5.41, 5.74) is 6.53. The third-order valence-electron chi connectivity index (χ3n) is 8.97. The first kappa shape index (κ1) is 33.9. The van der Waals surface area contributed by atoms with E-state index in [1.54, 1.807) is 7.05 Å². The summed E-state index contributed by atoms with van der Waals surface area (Å²) < 4.78 is 11.0. The SMILES string of the molecule is C=C/C=C(\C(C)=C/CC)N(CC1CCCN1C(=O)C1=CC(=NC)NC(CC/C=C(\C)c2ccc3c(c2)OCO3)/C1=C\C)C(C)C. The molecule has 1 aromatic rings. The summed E-state index contributed by atoms with van der Waals surface area (Å²) in [5, 5.41) is 3.58. The minimum Gasteiger partial charge on any atom is -0.454 e. The van der Waals surface area contributed by atoms with E-state index in [0.29, 0.717) is 0 Å². The number of aliphatic imine (C=N–C) groups is 1. The van der Waals surface area contributed by atoms with Gasteiger partial charge in [-0.2, -0.15) is 0 Å². The predicted molar refractivity (Wildman–Crippen MR) is 186 cm³/mol. The van der Waals surface area contributed by atoms with Crippen LogP contribution in [0.3, 0.4) is 0 Å². The lowest BCUT2D eigenvalue weighted by Gasteiger charge is -2.38. The summed E-state index contributed by atoms with van der Waals surface area (Å²) in [6, 6.07) is 6.49. The molecule has 45 heavy (non-hydrogen) atoms. The lowest BCUT2D eigenvalue weighted by molar-refractivity contribution is -0.128. The third-order valence-corrected chi connectivity index (χ3v) is 8.97. The number of nitrogens with zero attached hydrogens (tertiary/aromatic N) is 3. The Hall–Kier alpha value is -4.00. The Morgan fingerprint density at radius 1 is 1.22 bits per heavy atom. The van der Waals surface area contributed by atoms with E-state index < -0.39 is 0 Å². The molecule has 1 N–H and O–H groups in total. The van der Waals surface area contributed by atoms with Crippen LogP contribution in [0, 0.1) is 0 Å². The first-order valence-corrected chi connectivity index (χ1v) is 16.5. The summed E-state index contributed by atoms with van der Waals surface area (Å²) in [4.78, 5) is 23.4. The van der Waals surface area contributed by atoms with E-state index in [1.165, 1.54) is 16.8 Å². The minimum absolute atomic E-state index is 0.00405. The number of carbonyl (C=O) groups is 1. The van der Waals surface area contributed by atoms with Crippen molar-refractivity contribution in [2.45, 2.75) is 91.8 Å². The van der Waals surface area contributed by atoms with Crippen LogP contribution in [0.4, 0.5) is 0 Å². The van der Waals surface area contributed by atoms with Crippen molar-refractivity contribution >= 4 is 17.3 Å². The molecule has 2 unspecified atom stereocenters. The van der Waals surface area contributed by atoms with Crippen LogP contribution < -0.4 is 14.8 Å². The summed E-state index contributed by atoms with van der Waals surface area (Å²) >= 11 is 0. The van der Waals surface area contributed by atoms with Crippen LogP contribution in [0.25, 0.3) is 5.57 Å². The van der Waals surface area contributed by atoms with Gasteiger partial charge in [0.2, 0.25) is 6.79 Å². The van der Waals surface area contributed by atoms with E-state index in [-0.39, 0.29) is 30.8 Å². The largest absolute Gasteiger partial charge is 0.454 e. The average Bonchev–Trinajstić information content (AvgIpc) is 3.71. The van der Waals surface area contributed by atoms with Crippen molar-refractivity contribution in [3.05, 3.63) is 89.2 Å². The molecule has 4 rings (SSSR count). The molecule has 0 radical (unpaired) electrons. The van der Waals surface area contributed by atoms with Gasteiger partial charge in [0.05, 0.1) is 6.04 Å². The van der Waals surface area contributed by atoms with E-state index in [9.17, 15) is 4.79 Å².